The molecule has 2 bridgehead atoms. The molecule has 3 rings (SSSR count). The van der Waals surface area contributed by atoms with Gasteiger partial charge >= 0.3 is 6.03 Å². The van der Waals surface area contributed by atoms with Gasteiger partial charge in [-0.25, -0.2) is 9.86 Å². The molecule has 2 fully saturated rings. The van der Waals surface area contributed by atoms with Crippen LogP contribution in [0.15, 0.2) is 10.8 Å². The maximum atomic E-state index is 11.6. The summed E-state index contributed by atoms with van der Waals surface area (Å²) in [5, 5.41) is 17.7. The molecule has 7 nitrogen and oxygen atoms in total. The Hall–Kier alpha value is -1.63. The van der Waals surface area contributed by atoms with Gasteiger partial charge in [0.2, 0.25) is 12.3 Å². The van der Waals surface area contributed by atoms with Crippen molar-refractivity contribution in [1.82, 2.24) is 20.2 Å². The standard InChI is InChI=1S/C8H10N4O3/c13-8-11-3-5(12(8)14)1-2-6(11)7-10-9-4-15-7/h4-6,14H,1-3H2/t5-,6-/m1/s1. The van der Waals surface area contributed by atoms with Crippen molar-refractivity contribution in [3.8, 4) is 0 Å². The van der Waals surface area contributed by atoms with Gasteiger partial charge < -0.3 is 9.32 Å². The van der Waals surface area contributed by atoms with Gasteiger partial charge in [-0.3, -0.25) is 5.21 Å². The smallest absolute Gasteiger partial charge is 0.344 e. The highest BCUT2D eigenvalue weighted by atomic mass is 16.5. The van der Waals surface area contributed by atoms with Crippen molar-refractivity contribution in [3.05, 3.63) is 12.3 Å². The molecule has 2 aliphatic rings. The Morgan fingerprint density at radius 2 is 2.40 bits per heavy atom. The summed E-state index contributed by atoms with van der Waals surface area (Å²) in [7, 11) is 0. The number of carbonyl (C=O) groups is 1. The van der Waals surface area contributed by atoms with Crippen molar-refractivity contribution in [2.75, 3.05) is 6.54 Å². The zero-order valence-corrected chi connectivity index (χ0v) is 7.91. The summed E-state index contributed by atoms with van der Waals surface area (Å²) < 4.78 is 5.09. The van der Waals surface area contributed by atoms with Gasteiger partial charge in [-0.1, -0.05) is 0 Å². The van der Waals surface area contributed by atoms with Crippen molar-refractivity contribution in [2.24, 2.45) is 0 Å². The molecule has 15 heavy (non-hydrogen) atoms. The van der Waals surface area contributed by atoms with E-state index in [1.54, 1.807) is 4.90 Å². The summed E-state index contributed by atoms with van der Waals surface area (Å²) in [6.07, 6.45) is 2.75. The SMILES string of the molecule is O=C1N(O)[C@@H]2CC[C@H](c3nnco3)N1C2. The van der Waals surface area contributed by atoms with Crippen LogP contribution in [0.25, 0.3) is 0 Å². The molecule has 2 aliphatic heterocycles. The first-order chi connectivity index (χ1) is 7.27. The maximum Gasteiger partial charge on any atom is 0.344 e. The van der Waals surface area contributed by atoms with E-state index in [-0.39, 0.29) is 18.1 Å². The molecule has 3 heterocycles. The summed E-state index contributed by atoms with van der Waals surface area (Å²) in [6.45, 7) is 0.530. The van der Waals surface area contributed by atoms with Gasteiger partial charge in [0.05, 0.1) is 6.04 Å². The van der Waals surface area contributed by atoms with Crippen LogP contribution >= 0.6 is 0 Å². The number of piperidine rings is 1. The number of urea groups is 1. The first-order valence-corrected chi connectivity index (χ1v) is 4.82. The number of carbonyl (C=O) groups excluding carboxylic acids is 1. The molecule has 1 aromatic heterocycles. The average molecular weight is 210 g/mol. The average Bonchev–Trinajstić information content (AvgIpc) is 2.85. The zero-order valence-electron chi connectivity index (χ0n) is 7.91. The predicted octanol–water partition coefficient (Wildman–Crippen LogP) is 0.400. The lowest BCUT2D eigenvalue weighted by molar-refractivity contribution is -0.0584. The molecule has 7 heteroatoms. The van der Waals surface area contributed by atoms with E-state index in [0.29, 0.717) is 12.4 Å². The van der Waals surface area contributed by atoms with Gasteiger partial charge in [-0.15, -0.1) is 10.2 Å². The van der Waals surface area contributed by atoms with Crippen LogP contribution in [0.1, 0.15) is 24.8 Å². The molecule has 2 saturated heterocycles. The van der Waals surface area contributed by atoms with Gasteiger partial charge in [0.15, 0.2) is 0 Å². The van der Waals surface area contributed by atoms with Crippen LogP contribution in [-0.4, -0.2) is 44.0 Å². The lowest BCUT2D eigenvalue weighted by Crippen LogP contribution is -2.34. The van der Waals surface area contributed by atoms with E-state index >= 15 is 0 Å². The van der Waals surface area contributed by atoms with Crippen molar-refractivity contribution < 1.29 is 14.4 Å². The molecule has 0 aliphatic carbocycles. The third kappa shape index (κ3) is 1.13. The normalized spacial score (nSPS) is 30.1. The second-order valence-electron chi connectivity index (χ2n) is 3.80. The number of aromatic nitrogens is 2. The molecule has 0 saturated carbocycles. The summed E-state index contributed by atoms with van der Waals surface area (Å²) in [5.41, 5.74) is 0. The molecule has 0 radical (unpaired) electrons. The quantitative estimate of drug-likeness (QED) is 0.678. The summed E-state index contributed by atoms with van der Waals surface area (Å²) in [6, 6.07) is -0.647. The number of nitrogens with zero attached hydrogens (tertiary/aromatic N) is 4. The molecular weight excluding hydrogens is 200 g/mol. The van der Waals surface area contributed by atoms with Gasteiger partial charge in [0.25, 0.3) is 0 Å². The minimum absolute atomic E-state index is 0.0864. The third-order valence-corrected chi connectivity index (χ3v) is 3.01. The highest BCUT2D eigenvalue weighted by Gasteiger charge is 2.46. The number of hydrogen-bond donors (Lipinski definition) is 1. The summed E-state index contributed by atoms with van der Waals surface area (Å²) in [4.78, 5) is 13.2. The maximum absolute atomic E-state index is 11.6. The van der Waals surface area contributed by atoms with E-state index in [1.165, 1.54) is 6.39 Å². The Kier molecular flexibility index (Phi) is 1.69. The number of fused-ring (bicyclic) bond motifs is 2. The Bertz CT molecular complexity index is 379. The molecule has 2 amide bonds. The van der Waals surface area contributed by atoms with E-state index < -0.39 is 0 Å². The van der Waals surface area contributed by atoms with E-state index in [4.69, 9.17) is 4.42 Å². The number of rotatable bonds is 1. The van der Waals surface area contributed by atoms with Crippen LogP contribution in [0.3, 0.4) is 0 Å². The monoisotopic (exact) mass is 210 g/mol. The summed E-state index contributed by atoms with van der Waals surface area (Å²) >= 11 is 0. The first kappa shape index (κ1) is 8.66. The Balaban J connectivity index is 1.91. The Labute approximate surface area is 85.2 Å². The Morgan fingerprint density at radius 1 is 1.53 bits per heavy atom. The van der Waals surface area contributed by atoms with Crippen LogP contribution in [0.2, 0.25) is 0 Å². The third-order valence-electron chi connectivity index (χ3n) is 3.01. The minimum atomic E-state index is -0.374. The second kappa shape index (κ2) is 2.93. The van der Waals surface area contributed by atoms with Crippen molar-refractivity contribution in [1.29, 1.82) is 0 Å². The van der Waals surface area contributed by atoms with Crippen molar-refractivity contribution in [2.45, 2.75) is 24.9 Å². The second-order valence-corrected chi connectivity index (χ2v) is 3.80. The van der Waals surface area contributed by atoms with Crippen LogP contribution in [-0.2, 0) is 0 Å². The van der Waals surface area contributed by atoms with E-state index in [2.05, 4.69) is 10.2 Å². The lowest BCUT2D eigenvalue weighted by Gasteiger charge is -2.27. The fourth-order valence-electron chi connectivity index (χ4n) is 2.23. The largest absolute Gasteiger partial charge is 0.426 e. The van der Waals surface area contributed by atoms with Crippen LogP contribution < -0.4 is 0 Å². The molecule has 1 aromatic rings. The zero-order chi connectivity index (χ0) is 10.4. The van der Waals surface area contributed by atoms with Crippen molar-refractivity contribution >= 4 is 6.03 Å². The number of hydrogen-bond acceptors (Lipinski definition) is 5. The molecule has 80 valence electrons. The predicted molar refractivity (Wildman–Crippen MR) is 45.8 cm³/mol. The van der Waals surface area contributed by atoms with Gasteiger partial charge in [0, 0.05) is 6.54 Å². The molecule has 0 spiro atoms. The van der Waals surface area contributed by atoms with Gasteiger partial charge in [0.1, 0.15) is 6.04 Å². The topological polar surface area (TPSA) is 82.7 Å². The van der Waals surface area contributed by atoms with Crippen molar-refractivity contribution in [3.63, 3.8) is 0 Å². The lowest BCUT2D eigenvalue weighted by atomic mass is 10.0. The molecular formula is C8H10N4O3. The molecule has 0 aromatic carbocycles. The fourth-order valence-corrected chi connectivity index (χ4v) is 2.23. The van der Waals surface area contributed by atoms with E-state index in [1.807, 2.05) is 0 Å². The van der Waals surface area contributed by atoms with E-state index in [0.717, 1.165) is 17.9 Å². The fraction of sp³-hybridized carbons (Fsp3) is 0.625. The highest BCUT2D eigenvalue weighted by Crippen LogP contribution is 2.36. The molecule has 2 atom stereocenters. The van der Waals surface area contributed by atoms with Crippen LogP contribution in [0, 0.1) is 0 Å². The first-order valence-electron chi connectivity index (χ1n) is 4.82. The Morgan fingerprint density at radius 3 is 3.13 bits per heavy atom. The molecule has 1 N–H and O–H groups in total. The van der Waals surface area contributed by atoms with E-state index in [9.17, 15) is 10.0 Å². The number of hydroxylamine groups is 2. The molecule has 0 unspecified atom stereocenters. The minimum Gasteiger partial charge on any atom is -0.426 e. The van der Waals surface area contributed by atoms with Gasteiger partial charge in [-0.05, 0) is 12.8 Å². The highest BCUT2D eigenvalue weighted by molar-refractivity contribution is 5.76. The van der Waals surface area contributed by atoms with Gasteiger partial charge in [-0.2, -0.15) is 0 Å². The van der Waals surface area contributed by atoms with Crippen LogP contribution in [0.5, 0.6) is 0 Å². The number of amides is 2. The van der Waals surface area contributed by atoms with Crippen LogP contribution in [0.4, 0.5) is 4.79 Å². The summed E-state index contributed by atoms with van der Waals surface area (Å²) in [5.74, 6) is 0.442.